The van der Waals surface area contributed by atoms with Gasteiger partial charge in [-0.2, -0.15) is 14.5 Å². The van der Waals surface area contributed by atoms with Crippen LogP contribution in [-0.2, 0) is 0 Å². The Morgan fingerprint density at radius 3 is 2.60 bits per heavy atom. The zero-order chi connectivity index (χ0) is 25.4. The lowest BCUT2D eigenvalue weighted by molar-refractivity contribution is 0.400. The number of halogens is 2. The first-order valence-corrected chi connectivity index (χ1v) is 10.9. The maximum absolute atomic E-state index is 14.9. The lowest BCUT2D eigenvalue weighted by atomic mass is 10.2. The number of furan rings is 1. The summed E-state index contributed by atoms with van der Waals surface area (Å²) >= 11 is 0. The normalized spacial score (nSPS) is 10.1. The number of aromatic amines is 2. The Kier molecular flexibility index (Phi) is 8.33. The number of benzene rings is 1. The average Bonchev–Trinajstić information content (AvgIpc) is 3.61. The van der Waals surface area contributed by atoms with Crippen molar-refractivity contribution < 1.29 is 17.9 Å². The number of aromatic nitrogens is 5. The van der Waals surface area contributed by atoms with Crippen LogP contribution in [0.1, 0.15) is 26.5 Å². The third-order valence-corrected chi connectivity index (χ3v) is 4.41. The molecule has 0 fully saturated rings. The largest absolute Gasteiger partial charge is 0.463 e. The van der Waals surface area contributed by atoms with E-state index < -0.39 is 17.5 Å². The van der Waals surface area contributed by atoms with Crippen LogP contribution in [0.5, 0.6) is 11.6 Å². The number of rotatable bonds is 5. The minimum absolute atomic E-state index is 0.148. The fraction of sp³-hybridized carbons (Fsp3) is 0.160. The van der Waals surface area contributed by atoms with E-state index in [1.807, 2.05) is 27.7 Å². The molecule has 35 heavy (non-hydrogen) atoms. The van der Waals surface area contributed by atoms with Crippen molar-refractivity contribution >= 4 is 22.5 Å². The zero-order valence-corrected chi connectivity index (χ0v) is 19.8. The standard InChI is InChI=1S/C20H14F2N6O2.C3H6.C2H6/c1-10-7-11-12(25-10)4-5-15(17(11)21)30-20-18(22)19(23-9-24-20)26-16-8-13(27-28-16)14-3-2-6-29-14;1-3-2;1-2/h2-9,25H,1H3,(H2,23,24,26,27,28);3H,1H2,2H3;1-2H3. The number of hydrogen-bond donors (Lipinski definition) is 3. The molecule has 0 saturated carbocycles. The molecule has 0 bridgehead atoms. The van der Waals surface area contributed by atoms with Gasteiger partial charge in [-0.25, -0.2) is 9.37 Å². The fourth-order valence-corrected chi connectivity index (χ4v) is 3.05. The van der Waals surface area contributed by atoms with Crippen LogP contribution < -0.4 is 10.1 Å². The Bertz CT molecular complexity index is 1390. The zero-order valence-electron chi connectivity index (χ0n) is 19.8. The van der Waals surface area contributed by atoms with Gasteiger partial charge in [0, 0.05) is 22.7 Å². The Hall–Kier alpha value is -4.47. The third kappa shape index (κ3) is 5.72. The van der Waals surface area contributed by atoms with E-state index in [-0.39, 0.29) is 11.6 Å². The van der Waals surface area contributed by atoms with Crippen molar-refractivity contribution in [3.8, 4) is 23.1 Å². The molecule has 0 amide bonds. The molecule has 0 aliphatic rings. The van der Waals surface area contributed by atoms with Gasteiger partial charge in [0.1, 0.15) is 12.0 Å². The lowest BCUT2D eigenvalue weighted by Gasteiger charge is -2.09. The summed E-state index contributed by atoms with van der Waals surface area (Å²) in [5.41, 5.74) is 2.02. The number of ether oxygens (including phenoxy) is 1. The number of H-pyrrole nitrogens is 2. The van der Waals surface area contributed by atoms with E-state index in [2.05, 4.69) is 37.0 Å². The third-order valence-electron chi connectivity index (χ3n) is 4.41. The van der Waals surface area contributed by atoms with Crippen LogP contribution in [0.4, 0.5) is 20.4 Å². The molecule has 5 aromatic rings. The van der Waals surface area contributed by atoms with Crippen molar-refractivity contribution in [2.75, 3.05) is 5.32 Å². The summed E-state index contributed by atoms with van der Waals surface area (Å²) in [6.45, 7) is 11.1. The van der Waals surface area contributed by atoms with Gasteiger partial charge in [-0.1, -0.05) is 19.9 Å². The molecule has 8 nitrogen and oxygen atoms in total. The molecule has 182 valence electrons. The fourth-order valence-electron chi connectivity index (χ4n) is 3.05. The first-order valence-electron chi connectivity index (χ1n) is 10.9. The topological polar surface area (TPSA) is 105 Å². The highest BCUT2D eigenvalue weighted by Gasteiger charge is 2.18. The number of allylic oxidation sites excluding steroid dienone is 1. The second-order valence-electron chi connectivity index (χ2n) is 6.91. The number of aryl methyl sites for hydroxylation is 1. The quantitative estimate of drug-likeness (QED) is 0.228. The molecular weight excluding hydrogens is 454 g/mol. The minimum atomic E-state index is -0.884. The summed E-state index contributed by atoms with van der Waals surface area (Å²) in [4.78, 5) is 10.7. The summed E-state index contributed by atoms with van der Waals surface area (Å²) in [7, 11) is 0. The molecule has 0 aliphatic heterocycles. The first kappa shape index (κ1) is 25.2. The lowest BCUT2D eigenvalue weighted by Crippen LogP contribution is -2.02. The number of hydrogen-bond acceptors (Lipinski definition) is 6. The molecule has 0 atom stereocenters. The highest BCUT2D eigenvalue weighted by molar-refractivity contribution is 5.82. The monoisotopic (exact) mass is 480 g/mol. The van der Waals surface area contributed by atoms with Crippen molar-refractivity contribution in [3.05, 3.63) is 79.0 Å². The number of fused-ring (bicyclic) bond motifs is 1. The Morgan fingerprint density at radius 1 is 1.11 bits per heavy atom. The molecule has 0 radical (unpaired) electrons. The van der Waals surface area contributed by atoms with Crippen molar-refractivity contribution in [1.29, 1.82) is 0 Å². The summed E-state index contributed by atoms with van der Waals surface area (Å²) in [6.07, 6.45) is 4.39. The van der Waals surface area contributed by atoms with Gasteiger partial charge in [-0.3, -0.25) is 5.10 Å². The number of anilines is 2. The van der Waals surface area contributed by atoms with Gasteiger partial charge in [0.2, 0.25) is 5.82 Å². The molecule has 4 aromatic heterocycles. The highest BCUT2D eigenvalue weighted by Crippen LogP contribution is 2.32. The molecule has 5 rings (SSSR count). The molecule has 0 saturated heterocycles. The van der Waals surface area contributed by atoms with Crippen LogP contribution >= 0.6 is 0 Å². The maximum atomic E-state index is 14.9. The van der Waals surface area contributed by atoms with E-state index in [0.717, 1.165) is 12.0 Å². The summed E-state index contributed by atoms with van der Waals surface area (Å²) in [5, 5.41) is 9.90. The van der Waals surface area contributed by atoms with Gasteiger partial charge < -0.3 is 19.5 Å². The van der Waals surface area contributed by atoms with Gasteiger partial charge in [0.05, 0.1) is 6.26 Å². The van der Waals surface area contributed by atoms with Crippen LogP contribution in [0, 0.1) is 18.6 Å². The first-order chi connectivity index (χ1) is 17.0. The van der Waals surface area contributed by atoms with Crippen LogP contribution in [-0.4, -0.2) is 25.1 Å². The van der Waals surface area contributed by atoms with Crippen molar-refractivity contribution in [1.82, 2.24) is 25.1 Å². The second-order valence-corrected chi connectivity index (χ2v) is 6.91. The van der Waals surface area contributed by atoms with E-state index >= 15 is 0 Å². The SMILES string of the molecule is C=CC.CC.Cc1cc2c(F)c(Oc3ncnc(Nc4cc(-c5ccco5)[nH]n4)c3F)ccc2[nH]1. The molecule has 0 spiro atoms. The summed E-state index contributed by atoms with van der Waals surface area (Å²) in [5.74, 6) is -1.35. The van der Waals surface area contributed by atoms with Gasteiger partial charge >= 0.3 is 0 Å². The van der Waals surface area contributed by atoms with E-state index in [0.29, 0.717) is 28.2 Å². The second kappa shape index (κ2) is 11.6. The summed E-state index contributed by atoms with van der Waals surface area (Å²) in [6, 6.07) is 9.83. The average molecular weight is 481 g/mol. The molecule has 4 heterocycles. The predicted molar refractivity (Wildman–Crippen MR) is 132 cm³/mol. The van der Waals surface area contributed by atoms with Crippen LogP contribution in [0.15, 0.2) is 66.1 Å². The molecule has 3 N–H and O–H groups in total. The molecule has 0 aliphatic carbocycles. The molecule has 10 heteroatoms. The molecule has 1 aromatic carbocycles. The highest BCUT2D eigenvalue weighted by atomic mass is 19.1. The number of nitrogens with zero attached hydrogens (tertiary/aromatic N) is 3. The van der Waals surface area contributed by atoms with Crippen molar-refractivity contribution in [2.45, 2.75) is 27.7 Å². The van der Waals surface area contributed by atoms with Gasteiger partial charge in [-0.05, 0) is 44.2 Å². The van der Waals surface area contributed by atoms with Crippen molar-refractivity contribution in [2.24, 2.45) is 0 Å². The number of nitrogens with one attached hydrogen (secondary N) is 3. The summed E-state index contributed by atoms with van der Waals surface area (Å²) < 4.78 is 40.3. The van der Waals surface area contributed by atoms with E-state index in [1.54, 1.807) is 36.4 Å². The molecular formula is C25H26F2N6O2. The van der Waals surface area contributed by atoms with E-state index in [9.17, 15) is 8.78 Å². The van der Waals surface area contributed by atoms with E-state index in [4.69, 9.17) is 9.15 Å². The smallest absolute Gasteiger partial charge is 0.261 e. The van der Waals surface area contributed by atoms with Crippen LogP contribution in [0.3, 0.4) is 0 Å². The van der Waals surface area contributed by atoms with Crippen LogP contribution in [0.25, 0.3) is 22.4 Å². The van der Waals surface area contributed by atoms with E-state index in [1.165, 1.54) is 12.3 Å². The Labute approximate surface area is 201 Å². The predicted octanol–water partition coefficient (Wildman–Crippen LogP) is 7.28. The van der Waals surface area contributed by atoms with Gasteiger partial charge in [0.15, 0.2) is 29.0 Å². The Morgan fingerprint density at radius 2 is 1.89 bits per heavy atom. The van der Waals surface area contributed by atoms with Crippen LogP contribution in [0.2, 0.25) is 0 Å². The maximum Gasteiger partial charge on any atom is 0.261 e. The van der Waals surface area contributed by atoms with Crippen molar-refractivity contribution in [3.63, 3.8) is 0 Å². The molecule has 0 unspecified atom stereocenters. The Balaban J connectivity index is 0.000000638. The van der Waals surface area contributed by atoms with Gasteiger partial charge in [-0.15, -0.1) is 6.58 Å². The van der Waals surface area contributed by atoms with Gasteiger partial charge in [0.25, 0.3) is 5.88 Å². The minimum Gasteiger partial charge on any atom is -0.463 e.